The van der Waals surface area contributed by atoms with Crippen molar-refractivity contribution in [1.82, 2.24) is 14.9 Å². The first kappa shape index (κ1) is 14.2. The number of nitrogens with zero attached hydrogens (tertiary/aromatic N) is 4. The zero-order valence-corrected chi connectivity index (χ0v) is 12.1. The van der Waals surface area contributed by atoms with E-state index in [2.05, 4.69) is 39.7 Å². The van der Waals surface area contributed by atoms with Crippen molar-refractivity contribution in [3.8, 4) is 0 Å². The van der Waals surface area contributed by atoms with Crippen LogP contribution < -0.4 is 4.90 Å². The summed E-state index contributed by atoms with van der Waals surface area (Å²) < 4.78 is 0. The smallest absolute Gasteiger partial charge is 0.133 e. The van der Waals surface area contributed by atoms with Crippen LogP contribution in [0.15, 0.2) is 6.07 Å². The van der Waals surface area contributed by atoms with Gasteiger partial charge in [0, 0.05) is 50.4 Å². The lowest BCUT2D eigenvalue weighted by molar-refractivity contribution is 0.188. The molecular formula is C14H24N4O. The van der Waals surface area contributed by atoms with E-state index in [0.29, 0.717) is 5.92 Å². The predicted octanol–water partition coefficient (Wildman–Crippen LogP) is 1.02. The van der Waals surface area contributed by atoms with Gasteiger partial charge in [-0.2, -0.15) is 0 Å². The molecule has 1 aromatic heterocycles. The minimum atomic E-state index is 0.240. The average Bonchev–Trinajstić information content (AvgIpc) is 2.39. The van der Waals surface area contributed by atoms with Gasteiger partial charge in [0.05, 0.1) is 6.61 Å². The van der Waals surface area contributed by atoms with Gasteiger partial charge in [0.2, 0.25) is 0 Å². The molecule has 0 spiro atoms. The standard InChI is InChI=1S/C14H24N4O/c1-11(2)14-15-12(3)10-13(16-14)18-6-4-17(5-7-18)8-9-19/h10-11,19H,4-9H2,1-3H3. The molecule has 1 aliphatic rings. The summed E-state index contributed by atoms with van der Waals surface area (Å²) in [6, 6.07) is 2.06. The van der Waals surface area contributed by atoms with Crippen LogP contribution in [-0.4, -0.2) is 59.3 Å². The molecular weight excluding hydrogens is 240 g/mol. The Morgan fingerprint density at radius 1 is 1.21 bits per heavy atom. The number of hydrogen-bond acceptors (Lipinski definition) is 5. The van der Waals surface area contributed by atoms with Gasteiger partial charge in [-0.1, -0.05) is 13.8 Å². The first-order chi connectivity index (χ1) is 9.10. The Morgan fingerprint density at radius 2 is 1.89 bits per heavy atom. The Balaban J connectivity index is 2.06. The second-order valence-electron chi connectivity index (χ2n) is 5.43. The maximum atomic E-state index is 8.96. The highest BCUT2D eigenvalue weighted by Crippen LogP contribution is 2.18. The maximum Gasteiger partial charge on any atom is 0.133 e. The Kier molecular flexibility index (Phi) is 4.71. The first-order valence-corrected chi connectivity index (χ1v) is 7.04. The van der Waals surface area contributed by atoms with E-state index in [0.717, 1.165) is 50.1 Å². The minimum Gasteiger partial charge on any atom is -0.395 e. The highest BCUT2D eigenvalue weighted by Gasteiger charge is 2.18. The molecule has 0 aliphatic carbocycles. The van der Waals surface area contributed by atoms with Crippen LogP contribution in [0.4, 0.5) is 5.82 Å². The van der Waals surface area contributed by atoms with Crippen LogP contribution in [0.25, 0.3) is 0 Å². The lowest BCUT2D eigenvalue weighted by atomic mass is 10.2. The quantitative estimate of drug-likeness (QED) is 0.880. The molecule has 0 atom stereocenters. The van der Waals surface area contributed by atoms with Gasteiger partial charge in [0.1, 0.15) is 11.6 Å². The van der Waals surface area contributed by atoms with Crippen LogP contribution in [0.1, 0.15) is 31.3 Å². The van der Waals surface area contributed by atoms with Crippen molar-refractivity contribution in [1.29, 1.82) is 0 Å². The molecule has 0 amide bonds. The fourth-order valence-corrected chi connectivity index (χ4v) is 2.34. The molecule has 0 radical (unpaired) electrons. The highest BCUT2D eigenvalue weighted by molar-refractivity contribution is 5.40. The number of anilines is 1. The summed E-state index contributed by atoms with van der Waals surface area (Å²) in [6.07, 6.45) is 0. The van der Waals surface area contributed by atoms with E-state index in [1.54, 1.807) is 0 Å². The molecule has 2 rings (SSSR count). The summed E-state index contributed by atoms with van der Waals surface area (Å²) in [5, 5.41) is 8.96. The second kappa shape index (κ2) is 6.30. The van der Waals surface area contributed by atoms with Crippen molar-refractivity contribution in [2.45, 2.75) is 26.7 Å². The Morgan fingerprint density at radius 3 is 2.47 bits per heavy atom. The van der Waals surface area contributed by atoms with Gasteiger partial charge >= 0.3 is 0 Å². The molecule has 5 heteroatoms. The second-order valence-corrected chi connectivity index (χ2v) is 5.43. The van der Waals surface area contributed by atoms with Gasteiger partial charge in [0.25, 0.3) is 0 Å². The topological polar surface area (TPSA) is 52.5 Å². The number of aromatic nitrogens is 2. The third-order valence-corrected chi connectivity index (χ3v) is 3.49. The molecule has 1 N–H and O–H groups in total. The molecule has 19 heavy (non-hydrogen) atoms. The fourth-order valence-electron chi connectivity index (χ4n) is 2.34. The minimum absolute atomic E-state index is 0.240. The van der Waals surface area contributed by atoms with Gasteiger partial charge in [-0.15, -0.1) is 0 Å². The molecule has 0 bridgehead atoms. The van der Waals surface area contributed by atoms with Gasteiger partial charge in [-0.25, -0.2) is 9.97 Å². The molecule has 0 saturated carbocycles. The summed E-state index contributed by atoms with van der Waals surface area (Å²) in [5.41, 5.74) is 1.03. The number of rotatable bonds is 4. The van der Waals surface area contributed by atoms with Gasteiger partial charge in [-0.05, 0) is 6.92 Å². The van der Waals surface area contributed by atoms with Crippen molar-refractivity contribution in [2.75, 3.05) is 44.2 Å². The molecule has 0 unspecified atom stereocenters. The number of piperazine rings is 1. The van der Waals surface area contributed by atoms with Gasteiger partial charge in [0.15, 0.2) is 0 Å². The first-order valence-electron chi connectivity index (χ1n) is 7.04. The molecule has 5 nitrogen and oxygen atoms in total. The van der Waals surface area contributed by atoms with Gasteiger partial charge < -0.3 is 10.0 Å². The summed E-state index contributed by atoms with van der Waals surface area (Å²) in [7, 11) is 0. The molecule has 1 aromatic rings. The van der Waals surface area contributed by atoms with Crippen LogP contribution in [0.2, 0.25) is 0 Å². The normalized spacial score (nSPS) is 17.2. The summed E-state index contributed by atoms with van der Waals surface area (Å²) >= 11 is 0. The SMILES string of the molecule is Cc1cc(N2CCN(CCO)CC2)nc(C(C)C)n1. The van der Waals surface area contributed by atoms with Crippen LogP contribution in [0, 0.1) is 6.92 Å². The van der Waals surface area contributed by atoms with Crippen molar-refractivity contribution < 1.29 is 5.11 Å². The molecule has 0 aromatic carbocycles. The van der Waals surface area contributed by atoms with Crippen molar-refractivity contribution >= 4 is 5.82 Å². The highest BCUT2D eigenvalue weighted by atomic mass is 16.3. The fraction of sp³-hybridized carbons (Fsp3) is 0.714. The summed E-state index contributed by atoms with van der Waals surface area (Å²) in [4.78, 5) is 13.8. The third kappa shape index (κ3) is 3.64. The van der Waals surface area contributed by atoms with E-state index in [-0.39, 0.29) is 6.61 Å². The van der Waals surface area contributed by atoms with Crippen LogP contribution in [0.3, 0.4) is 0 Å². The molecule has 1 aliphatic heterocycles. The van der Waals surface area contributed by atoms with E-state index >= 15 is 0 Å². The lowest BCUT2D eigenvalue weighted by Gasteiger charge is -2.35. The Bertz CT molecular complexity index is 414. The van der Waals surface area contributed by atoms with E-state index in [9.17, 15) is 0 Å². The van der Waals surface area contributed by atoms with Crippen LogP contribution >= 0.6 is 0 Å². The number of aliphatic hydroxyl groups is 1. The zero-order chi connectivity index (χ0) is 13.8. The predicted molar refractivity (Wildman–Crippen MR) is 76.6 cm³/mol. The monoisotopic (exact) mass is 264 g/mol. The molecule has 106 valence electrons. The van der Waals surface area contributed by atoms with Crippen molar-refractivity contribution in [3.05, 3.63) is 17.6 Å². The zero-order valence-electron chi connectivity index (χ0n) is 12.1. The largest absolute Gasteiger partial charge is 0.395 e. The Hall–Kier alpha value is -1.20. The number of hydrogen-bond donors (Lipinski definition) is 1. The molecule has 2 heterocycles. The van der Waals surface area contributed by atoms with Crippen molar-refractivity contribution in [2.24, 2.45) is 0 Å². The lowest BCUT2D eigenvalue weighted by Crippen LogP contribution is -2.47. The van der Waals surface area contributed by atoms with E-state index in [1.165, 1.54) is 0 Å². The maximum absolute atomic E-state index is 8.96. The third-order valence-electron chi connectivity index (χ3n) is 3.49. The molecule has 1 fully saturated rings. The van der Waals surface area contributed by atoms with E-state index in [4.69, 9.17) is 5.11 Å². The number of β-amino-alcohol motifs (C(OH)–C–C–N with tert-alkyl or cyclic N) is 1. The summed E-state index contributed by atoms with van der Waals surface area (Å²) in [5.74, 6) is 2.32. The average molecular weight is 264 g/mol. The number of aryl methyl sites for hydroxylation is 1. The van der Waals surface area contributed by atoms with Gasteiger partial charge in [-0.3, -0.25) is 4.90 Å². The van der Waals surface area contributed by atoms with Crippen LogP contribution in [-0.2, 0) is 0 Å². The van der Waals surface area contributed by atoms with E-state index in [1.807, 2.05) is 6.92 Å². The van der Waals surface area contributed by atoms with Crippen molar-refractivity contribution in [3.63, 3.8) is 0 Å². The Labute approximate surface area is 115 Å². The number of aliphatic hydroxyl groups excluding tert-OH is 1. The molecule has 1 saturated heterocycles. The van der Waals surface area contributed by atoms with Crippen LogP contribution in [0.5, 0.6) is 0 Å². The van der Waals surface area contributed by atoms with E-state index < -0.39 is 0 Å². The summed E-state index contributed by atoms with van der Waals surface area (Å²) in [6.45, 7) is 11.2.